The van der Waals surface area contributed by atoms with E-state index in [-0.39, 0.29) is 12.3 Å². The highest BCUT2D eigenvalue weighted by Crippen LogP contribution is 2.25. The van der Waals surface area contributed by atoms with E-state index in [0.717, 1.165) is 11.1 Å². The van der Waals surface area contributed by atoms with Gasteiger partial charge in [-0.2, -0.15) is 0 Å². The van der Waals surface area contributed by atoms with Gasteiger partial charge in [-0.3, -0.25) is 9.59 Å². The van der Waals surface area contributed by atoms with E-state index in [2.05, 4.69) is 0 Å². The number of carboxylic acid groups (broad SMARTS) is 1. The van der Waals surface area contributed by atoms with E-state index in [9.17, 15) is 9.59 Å². The van der Waals surface area contributed by atoms with Crippen LogP contribution in [-0.2, 0) is 15.0 Å². The smallest absolute Gasteiger partial charge is 0.303 e. The van der Waals surface area contributed by atoms with Crippen LogP contribution in [0.1, 0.15) is 37.8 Å². The number of likely N-dealkylation sites (N-methyl/N-ethyl adjacent to an activating group) is 1. The summed E-state index contributed by atoms with van der Waals surface area (Å²) in [5.74, 6) is -0.824. The number of carbonyl (C=O) groups excluding carboxylic acids is 1. The van der Waals surface area contributed by atoms with Crippen molar-refractivity contribution < 1.29 is 14.7 Å². The third-order valence-corrected chi connectivity index (χ3v) is 3.54. The Morgan fingerprint density at radius 3 is 2.25 bits per heavy atom. The van der Waals surface area contributed by atoms with Gasteiger partial charge in [-0.15, -0.1) is 0 Å². The molecule has 0 spiro atoms. The molecule has 0 aliphatic rings. The zero-order chi connectivity index (χ0) is 15.3. The predicted octanol–water partition coefficient (Wildman–Crippen LogP) is 2.60. The molecule has 0 unspecified atom stereocenters. The summed E-state index contributed by atoms with van der Waals surface area (Å²) in [4.78, 5) is 24.6. The first-order valence-corrected chi connectivity index (χ1v) is 6.79. The Balaban J connectivity index is 2.73. The largest absolute Gasteiger partial charge is 0.481 e. The van der Waals surface area contributed by atoms with Crippen LogP contribution in [0, 0.1) is 6.92 Å². The van der Waals surface area contributed by atoms with Crippen molar-refractivity contribution in [3.05, 3.63) is 35.4 Å². The van der Waals surface area contributed by atoms with E-state index >= 15 is 0 Å². The zero-order valence-electron chi connectivity index (χ0n) is 12.6. The van der Waals surface area contributed by atoms with Gasteiger partial charge in [-0.1, -0.05) is 29.8 Å². The molecule has 0 saturated heterocycles. The molecule has 1 aromatic rings. The van der Waals surface area contributed by atoms with Crippen LogP contribution < -0.4 is 0 Å². The number of benzene rings is 1. The Hall–Kier alpha value is -1.84. The maximum absolute atomic E-state index is 12.5. The lowest BCUT2D eigenvalue weighted by Crippen LogP contribution is -2.41. The molecule has 1 aromatic carbocycles. The van der Waals surface area contributed by atoms with Crippen molar-refractivity contribution in [3.63, 3.8) is 0 Å². The number of carbonyl (C=O) groups is 2. The third-order valence-electron chi connectivity index (χ3n) is 3.54. The van der Waals surface area contributed by atoms with Gasteiger partial charge in [0.05, 0.1) is 5.41 Å². The van der Waals surface area contributed by atoms with Crippen molar-refractivity contribution in [3.8, 4) is 0 Å². The number of aliphatic carboxylic acids is 1. The summed E-state index contributed by atoms with van der Waals surface area (Å²) in [7, 11) is 1.72. The first-order chi connectivity index (χ1) is 9.25. The number of nitrogens with zero attached hydrogens (tertiary/aromatic N) is 1. The van der Waals surface area contributed by atoms with Crippen LogP contribution in [0.25, 0.3) is 0 Å². The molecule has 4 nitrogen and oxygen atoms in total. The highest BCUT2D eigenvalue weighted by molar-refractivity contribution is 5.87. The van der Waals surface area contributed by atoms with E-state index < -0.39 is 11.4 Å². The minimum absolute atomic E-state index is 0.00624. The Bertz CT molecular complexity index is 477. The minimum Gasteiger partial charge on any atom is -0.481 e. The summed E-state index contributed by atoms with van der Waals surface area (Å²) >= 11 is 0. The third kappa shape index (κ3) is 4.08. The van der Waals surface area contributed by atoms with Crippen LogP contribution in [0.5, 0.6) is 0 Å². The molecular formula is C16H23NO3. The second kappa shape index (κ2) is 6.55. The number of aryl methyl sites for hydroxylation is 1. The van der Waals surface area contributed by atoms with E-state index in [1.165, 1.54) is 0 Å². The van der Waals surface area contributed by atoms with Crippen LogP contribution in [0.3, 0.4) is 0 Å². The molecule has 0 aliphatic heterocycles. The molecule has 4 heteroatoms. The first kappa shape index (κ1) is 16.2. The number of hydrogen-bond donors (Lipinski definition) is 1. The summed E-state index contributed by atoms with van der Waals surface area (Å²) in [6.07, 6.45) is 0.560. The van der Waals surface area contributed by atoms with Gasteiger partial charge >= 0.3 is 5.97 Å². The lowest BCUT2D eigenvalue weighted by Gasteiger charge is -2.30. The molecule has 0 radical (unpaired) electrons. The SMILES string of the molecule is Cc1ccc(C(C)(C)C(=O)N(C)CCCC(=O)O)cc1. The van der Waals surface area contributed by atoms with E-state index in [1.54, 1.807) is 11.9 Å². The molecule has 0 fully saturated rings. The van der Waals surface area contributed by atoms with Crippen LogP contribution in [0.2, 0.25) is 0 Å². The Morgan fingerprint density at radius 1 is 1.20 bits per heavy atom. The fourth-order valence-corrected chi connectivity index (χ4v) is 2.14. The van der Waals surface area contributed by atoms with E-state index in [1.807, 2.05) is 45.0 Å². The topological polar surface area (TPSA) is 57.6 Å². The average Bonchev–Trinajstić information content (AvgIpc) is 2.37. The summed E-state index contributed by atoms with van der Waals surface area (Å²) in [5, 5.41) is 8.63. The normalized spacial score (nSPS) is 11.2. The molecule has 20 heavy (non-hydrogen) atoms. The molecule has 1 amide bonds. The van der Waals surface area contributed by atoms with Crippen LogP contribution >= 0.6 is 0 Å². The quantitative estimate of drug-likeness (QED) is 0.869. The number of rotatable bonds is 6. The standard InChI is InChI=1S/C16H23NO3/c1-12-7-9-13(10-8-12)16(2,3)15(20)17(4)11-5-6-14(18)19/h7-10H,5-6,11H2,1-4H3,(H,18,19). The first-order valence-electron chi connectivity index (χ1n) is 6.79. The monoisotopic (exact) mass is 277 g/mol. The molecule has 0 aromatic heterocycles. The molecule has 0 atom stereocenters. The summed E-state index contributed by atoms with van der Waals surface area (Å²) < 4.78 is 0. The van der Waals surface area contributed by atoms with Gasteiger partial charge in [-0.25, -0.2) is 0 Å². The van der Waals surface area contributed by atoms with Crippen LogP contribution in [0.15, 0.2) is 24.3 Å². The number of carboxylic acids is 1. The predicted molar refractivity (Wildman–Crippen MR) is 78.7 cm³/mol. The molecule has 1 N–H and O–H groups in total. The summed E-state index contributed by atoms with van der Waals surface area (Å²) in [6, 6.07) is 7.93. The second-order valence-corrected chi connectivity index (χ2v) is 5.72. The minimum atomic E-state index is -0.830. The van der Waals surface area contributed by atoms with E-state index in [0.29, 0.717) is 13.0 Å². The van der Waals surface area contributed by atoms with Crippen molar-refractivity contribution >= 4 is 11.9 Å². The molecule has 1 rings (SSSR count). The molecular weight excluding hydrogens is 254 g/mol. The molecule has 0 saturated carbocycles. The second-order valence-electron chi connectivity index (χ2n) is 5.72. The van der Waals surface area contributed by atoms with Crippen LogP contribution in [0.4, 0.5) is 0 Å². The van der Waals surface area contributed by atoms with Crippen molar-refractivity contribution in [1.29, 1.82) is 0 Å². The Kier molecular flexibility index (Phi) is 5.31. The van der Waals surface area contributed by atoms with Gasteiger partial charge in [0.1, 0.15) is 0 Å². The average molecular weight is 277 g/mol. The number of amides is 1. The van der Waals surface area contributed by atoms with Crippen molar-refractivity contribution in [2.75, 3.05) is 13.6 Å². The maximum atomic E-state index is 12.5. The Morgan fingerprint density at radius 2 is 1.75 bits per heavy atom. The zero-order valence-corrected chi connectivity index (χ0v) is 12.6. The molecule has 0 aliphatic carbocycles. The highest BCUT2D eigenvalue weighted by atomic mass is 16.4. The lowest BCUT2D eigenvalue weighted by molar-refractivity contribution is -0.139. The Labute approximate surface area is 120 Å². The maximum Gasteiger partial charge on any atom is 0.303 e. The highest BCUT2D eigenvalue weighted by Gasteiger charge is 2.32. The fraction of sp³-hybridized carbons (Fsp3) is 0.500. The van der Waals surface area contributed by atoms with Gasteiger partial charge in [0.15, 0.2) is 0 Å². The van der Waals surface area contributed by atoms with Gasteiger partial charge < -0.3 is 10.0 Å². The fourth-order valence-electron chi connectivity index (χ4n) is 2.14. The van der Waals surface area contributed by atoms with Crippen molar-refractivity contribution in [2.45, 2.75) is 39.0 Å². The van der Waals surface area contributed by atoms with Crippen molar-refractivity contribution in [2.24, 2.45) is 0 Å². The molecule has 0 bridgehead atoms. The van der Waals surface area contributed by atoms with Crippen LogP contribution in [-0.4, -0.2) is 35.5 Å². The van der Waals surface area contributed by atoms with Gasteiger partial charge in [-0.05, 0) is 32.8 Å². The summed E-state index contributed by atoms with van der Waals surface area (Å²) in [5.41, 5.74) is 1.52. The van der Waals surface area contributed by atoms with E-state index in [4.69, 9.17) is 5.11 Å². The molecule has 0 heterocycles. The van der Waals surface area contributed by atoms with Gasteiger partial charge in [0, 0.05) is 20.0 Å². The lowest BCUT2D eigenvalue weighted by atomic mass is 9.83. The van der Waals surface area contributed by atoms with Gasteiger partial charge in [0.25, 0.3) is 0 Å². The van der Waals surface area contributed by atoms with Gasteiger partial charge in [0.2, 0.25) is 5.91 Å². The summed E-state index contributed by atoms with van der Waals surface area (Å²) in [6.45, 7) is 6.26. The number of hydrogen-bond acceptors (Lipinski definition) is 2. The molecule has 110 valence electrons. The van der Waals surface area contributed by atoms with Crippen molar-refractivity contribution in [1.82, 2.24) is 4.90 Å².